The first-order chi connectivity index (χ1) is 21.4. The highest BCUT2D eigenvalue weighted by atomic mass is 16.5. The Hall–Kier alpha value is -4.31. The summed E-state index contributed by atoms with van der Waals surface area (Å²) in [6, 6.07) is 21.4. The second-order valence-corrected chi connectivity index (χ2v) is 11.3. The van der Waals surface area contributed by atoms with Crippen molar-refractivity contribution in [3.05, 3.63) is 106 Å². The van der Waals surface area contributed by atoms with Gasteiger partial charge in [0.1, 0.15) is 0 Å². The number of unbranched alkanes of at least 4 members (excludes halogenated alkanes) is 1. The van der Waals surface area contributed by atoms with E-state index in [1.165, 1.54) is 4.57 Å². The molecular formula is C35H41N5O4. The number of nitrogens with zero attached hydrogens (tertiary/aromatic N) is 3. The third-order valence-electron chi connectivity index (χ3n) is 8.01. The lowest BCUT2D eigenvalue weighted by Crippen LogP contribution is -2.43. The molecule has 4 aromatic rings. The summed E-state index contributed by atoms with van der Waals surface area (Å²) in [4.78, 5) is 33.5. The molecule has 1 aromatic heterocycles. The highest BCUT2D eigenvalue weighted by Crippen LogP contribution is 2.29. The van der Waals surface area contributed by atoms with Gasteiger partial charge in [0.05, 0.1) is 25.0 Å². The molecule has 0 saturated carbocycles. The Bertz CT molecular complexity index is 1670. The van der Waals surface area contributed by atoms with E-state index >= 15 is 0 Å². The Morgan fingerprint density at radius 3 is 2.75 bits per heavy atom. The predicted molar refractivity (Wildman–Crippen MR) is 174 cm³/mol. The molecule has 1 aliphatic rings. The van der Waals surface area contributed by atoms with Gasteiger partial charge in [0, 0.05) is 55.4 Å². The number of ether oxygens (including phenoxy) is 1. The number of carbonyl (C=O) groups is 1. The predicted octanol–water partition coefficient (Wildman–Crippen LogP) is 5.29. The van der Waals surface area contributed by atoms with E-state index in [9.17, 15) is 14.7 Å². The average molecular weight is 596 g/mol. The minimum Gasteiger partial charge on any atom is -0.394 e. The van der Waals surface area contributed by atoms with Crippen LogP contribution in [0, 0.1) is 6.92 Å². The number of aliphatic hydroxyl groups excluding tert-OH is 1. The van der Waals surface area contributed by atoms with Crippen molar-refractivity contribution in [3.8, 4) is 11.3 Å². The molecule has 0 aliphatic carbocycles. The number of hydrogen-bond donors (Lipinski definition) is 3. The SMILES string of the molecule is CCCCc1ccccc1C(=O)Nc1cccc(-c2cn(C)c(=O)c(Nc3cccc(CN4CCOC(CO)C4)c3)n2)c1C. The first kappa shape index (κ1) is 31.1. The van der Waals surface area contributed by atoms with Crippen LogP contribution in [0.15, 0.2) is 77.7 Å². The number of amides is 1. The molecule has 0 spiro atoms. The smallest absolute Gasteiger partial charge is 0.293 e. The fourth-order valence-electron chi connectivity index (χ4n) is 5.56. The van der Waals surface area contributed by atoms with Crippen LogP contribution in [0.5, 0.6) is 0 Å². The van der Waals surface area contributed by atoms with Gasteiger partial charge in [0.2, 0.25) is 0 Å². The van der Waals surface area contributed by atoms with Crippen LogP contribution in [0.3, 0.4) is 0 Å². The van der Waals surface area contributed by atoms with Crippen molar-refractivity contribution in [1.29, 1.82) is 0 Å². The lowest BCUT2D eigenvalue weighted by Gasteiger charge is -2.32. The lowest BCUT2D eigenvalue weighted by molar-refractivity contribution is -0.0550. The van der Waals surface area contributed by atoms with Crippen molar-refractivity contribution in [2.24, 2.45) is 7.05 Å². The molecule has 44 heavy (non-hydrogen) atoms. The zero-order chi connectivity index (χ0) is 31.1. The number of aliphatic hydroxyl groups is 1. The quantitative estimate of drug-likeness (QED) is 0.216. The second kappa shape index (κ2) is 14.4. The van der Waals surface area contributed by atoms with E-state index in [1.807, 2.05) is 73.7 Å². The van der Waals surface area contributed by atoms with Crippen LogP contribution < -0.4 is 16.2 Å². The lowest BCUT2D eigenvalue weighted by atomic mass is 10.0. The molecular weight excluding hydrogens is 554 g/mol. The van der Waals surface area contributed by atoms with Crippen molar-refractivity contribution in [3.63, 3.8) is 0 Å². The van der Waals surface area contributed by atoms with E-state index in [0.29, 0.717) is 36.6 Å². The molecule has 1 aliphatic heterocycles. The van der Waals surface area contributed by atoms with Crippen LogP contribution in [0.2, 0.25) is 0 Å². The van der Waals surface area contributed by atoms with Crippen molar-refractivity contribution >= 4 is 23.1 Å². The maximum Gasteiger partial charge on any atom is 0.293 e. The van der Waals surface area contributed by atoms with Gasteiger partial charge in [0.15, 0.2) is 5.82 Å². The standard InChI is InChI=1S/C35H41N5O4/c1-4-5-11-26-12-6-7-14-30(26)34(42)38-31-16-9-15-29(24(31)2)32-22-39(3)35(43)33(37-32)36-27-13-8-10-25(19-27)20-40-17-18-44-28(21-40)23-41/h6-10,12-16,19,22,28,41H,4-5,11,17-18,20-21,23H2,1-3H3,(H,36,37)(H,38,42). The summed E-state index contributed by atoms with van der Waals surface area (Å²) in [5.74, 6) is 0.0733. The van der Waals surface area contributed by atoms with Gasteiger partial charge >= 0.3 is 0 Å². The summed E-state index contributed by atoms with van der Waals surface area (Å²) >= 11 is 0. The Kier molecular flexibility index (Phi) is 10.2. The molecule has 1 atom stereocenters. The maximum atomic E-state index is 13.3. The van der Waals surface area contributed by atoms with E-state index in [2.05, 4.69) is 22.5 Å². The minimum atomic E-state index is -0.246. The Morgan fingerprint density at radius 1 is 1.11 bits per heavy atom. The number of carbonyl (C=O) groups excluding carboxylic acids is 1. The number of benzene rings is 3. The van der Waals surface area contributed by atoms with E-state index in [1.54, 1.807) is 13.2 Å². The van der Waals surface area contributed by atoms with E-state index in [4.69, 9.17) is 9.72 Å². The molecule has 3 N–H and O–H groups in total. The van der Waals surface area contributed by atoms with Gasteiger partial charge in [-0.2, -0.15) is 0 Å². The molecule has 230 valence electrons. The normalized spacial score (nSPS) is 15.2. The number of anilines is 3. The highest BCUT2D eigenvalue weighted by molar-refractivity contribution is 6.06. The molecule has 0 bridgehead atoms. The van der Waals surface area contributed by atoms with Crippen LogP contribution >= 0.6 is 0 Å². The molecule has 0 radical (unpaired) electrons. The largest absolute Gasteiger partial charge is 0.394 e. The van der Waals surface area contributed by atoms with E-state index in [0.717, 1.165) is 53.7 Å². The van der Waals surface area contributed by atoms with Gasteiger partial charge in [0.25, 0.3) is 11.5 Å². The summed E-state index contributed by atoms with van der Waals surface area (Å²) in [5, 5.41) is 15.8. The molecule has 2 heterocycles. The van der Waals surface area contributed by atoms with Crippen molar-refractivity contribution < 1.29 is 14.6 Å². The van der Waals surface area contributed by atoms with Crippen molar-refractivity contribution in [1.82, 2.24) is 14.5 Å². The zero-order valence-electron chi connectivity index (χ0n) is 25.7. The van der Waals surface area contributed by atoms with Gasteiger partial charge in [-0.3, -0.25) is 14.5 Å². The van der Waals surface area contributed by atoms with Crippen LogP contribution in [0.25, 0.3) is 11.3 Å². The number of rotatable bonds is 11. The molecule has 3 aromatic carbocycles. The number of nitrogens with one attached hydrogen (secondary N) is 2. The fourth-order valence-corrected chi connectivity index (χ4v) is 5.56. The second-order valence-electron chi connectivity index (χ2n) is 11.3. The van der Waals surface area contributed by atoms with E-state index in [-0.39, 0.29) is 30.0 Å². The zero-order valence-corrected chi connectivity index (χ0v) is 25.7. The number of aryl methyl sites for hydroxylation is 2. The molecule has 1 unspecified atom stereocenters. The first-order valence-corrected chi connectivity index (χ1v) is 15.2. The van der Waals surface area contributed by atoms with Gasteiger partial charge < -0.3 is 25.0 Å². The monoisotopic (exact) mass is 595 g/mol. The van der Waals surface area contributed by atoms with E-state index < -0.39 is 0 Å². The molecule has 9 heteroatoms. The average Bonchev–Trinajstić information content (AvgIpc) is 3.03. The summed E-state index contributed by atoms with van der Waals surface area (Å²) in [7, 11) is 1.71. The number of aromatic nitrogens is 2. The molecule has 1 saturated heterocycles. The topological polar surface area (TPSA) is 109 Å². The van der Waals surface area contributed by atoms with Gasteiger partial charge in [-0.25, -0.2) is 4.98 Å². The maximum absolute atomic E-state index is 13.3. The van der Waals surface area contributed by atoms with Crippen LogP contribution in [0.4, 0.5) is 17.2 Å². The highest BCUT2D eigenvalue weighted by Gasteiger charge is 2.20. The first-order valence-electron chi connectivity index (χ1n) is 15.2. The van der Waals surface area contributed by atoms with Crippen molar-refractivity contribution in [2.75, 3.05) is 36.9 Å². The Balaban J connectivity index is 1.37. The summed E-state index contributed by atoms with van der Waals surface area (Å²) < 4.78 is 7.09. The van der Waals surface area contributed by atoms with Gasteiger partial charge in [-0.15, -0.1) is 0 Å². The van der Waals surface area contributed by atoms with Gasteiger partial charge in [-0.05, 0) is 60.7 Å². The van der Waals surface area contributed by atoms with Gasteiger partial charge in [-0.1, -0.05) is 55.8 Å². The van der Waals surface area contributed by atoms with Crippen LogP contribution in [-0.4, -0.2) is 57.9 Å². The number of hydrogen-bond acceptors (Lipinski definition) is 7. The third kappa shape index (κ3) is 7.42. The van der Waals surface area contributed by atoms with Crippen molar-refractivity contribution in [2.45, 2.75) is 45.8 Å². The third-order valence-corrected chi connectivity index (χ3v) is 8.01. The molecule has 1 fully saturated rings. The summed E-state index contributed by atoms with van der Waals surface area (Å²) in [6.07, 6.45) is 4.49. The molecule has 9 nitrogen and oxygen atoms in total. The Labute approximate surface area is 258 Å². The molecule has 1 amide bonds. The fraction of sp³-hybridized carbons (Fsp3) is 0.343. The summed E-state index contributed by atoms with van der Waals surface area (Å²) in [5.41, 5.74) is 6.31. The summed E-state index contributed by atoms with van der Waals surface area (Å²) in [6.45, 7) is 6.86. The number of morpholine rings is 1. The molecule has 5 rings (SSSR count). The Morgan fingerprint density at radius 2 is 1.93 bits per heavy atom. The minimum absolute atomic E-state index is 0.00512. The van der Waals surface area contributed by atoms with Crippen LogP contribution in [0.1, 0.15) is 46.8 Å². The van der Waals surface area contributed by atoms with Crippen LogP contribution in [-0.2, 0) is 24.8 Å².